The fraction of sp³-hybridized carbons (Fsp3) is 0.526. The molecule has 3 aliphatic rings. The van der Waals surface area contributed by atoms with E-state index in [-0.39, 0.29) is 0 Å². The van der Waals surface area contributed by atoms with Gasteiger partial charge in [0, 0.05) is 38.3 Å². The molecule has 4 nitrogen and oxygen atoms in total. The second-order valence-electron chi connectivity index (χ2n) is 7.14. The third-order valence-electron chi connectivity index (χ3n) is 5.19. The van der Waals surface area contributed by atoms with Crippen LogP contribution < -0.4 is 0 Å². The lowest BCUT2D eigenvalue weighted by molar-refractivity contribution is 0.122. The molecule has 1 aromatic heterocycles. The molecule has 0 radical (unpaired) electrons. The Bertz CT molecular complexity index is 639. The van der Waals surface area contributed by atoms with Crippen LogP contribution in [0.25, 0.3) is 0 Å². The first-order chi connectivity index (χ1) is 11.3. The summed E-state index contributed by atoms with van der Waals surface area (Å²) in [6, 6.07) is 13.6. The van der Waals surface area contributed by atoms with Crippen molar-refractivity contribution >= 4 is 0 Å². The van der Waals surface area contributed by atoms with Gasteiger partial charge in [0.15, 0.2) is 5.76 Å². The molecule has 0 amide bonds. The van der Waals surface area contributed by atoms with Gasteiger partial charge in [0.25, 0.3) is 0 Å². The first kappa shape index (κ1) is 14.9. The molecule has 3 saturated heterocycles. The minimum Gasteiger partial charge on any atom is -0.360 e. The average Bonchev–Trinajstić information content (AvgIpc) is 2.77. The number of hydrogen-bond acceptors (Lipinski definition) is 4. The maximum Gasteiger partial charge on any atom is 0.150 e. The molecule has 0 saturated carbocycles. The summed E-state index contributed by atoms with van der Waals surface area (Å²) in [5, 5.41) is 4.02. The zero-order chi connectivity index (χ0) is 15.6. The van der Waals surface area contributed by atoms with Crippen LogP contribution in [0.2, 0.25) is 0 Å². The van der Waals surface area contributed by atoms with Gasteiger partial charge in [-0.05, 0) is 31.2 Å². The van der Waals surface area contributed by atoms with Crippen molar-refractivity contribution in [2.75, 3.05) is 19.6 Å². The number of rotatable bonds is 4. The summed E-state index contributed by atoms with van der Waals surface area (Å²) < 4.78 is 5.42. The second kappa shape index (κ2) is 6.46. The zero-order valence-corrected chi connectivity index (χ0v) is 13.8. The molecule has 0 unspecified atom stereocenters. The van der Waals surface area contributed by atoms with E-state index < -0.39 is 0 Å². The van der Waals surface area contributed by atoms with Gasteiger partial charge < -0.3 is 4.52 Å². The van der Waals surface area contributed by atoms with Crippen LogP contribution in [0.4, 0.5) is 0 Å². The van der Waals surface area contributed by atoms with Crippen molar-refractivity contribution in [3.05, 3.63) is 53.4 Å². The molecule has 122 valence electrons. The van der Waals surface area contributed by atoms with Crippen LogP contribution in [0, 0.1) is 12.8 Å². The maximum absolute atomic E-state index is 5.42. The van der Waals surface area contributed by atoms with Crippen molar-refractivity contribution in [2.24, 2.45) is 5.92 Å². The van der Waals surface area contributed by atoms with Gasteiger partial charge in [-0.15, -0.1) is 0 Å². The lowest BCUT2D eigenvalue weighted by Gasteiger charge is -2.36. The Hall–Kier alpha value is -1.65. The molecule has 0 N–H and O–H groups in total. The second-order valence-corrected chi connectivity index (χ2v) is 7.14. The number of piperidine rings is 1. The average molecular weight is 311 g/mol. The number of nitrogens with zero attached hydrogens (tertiary/aromatic N) is 3. The standard InChI is InChI=1S/C19H25N3O/c1-15-9-19(23-20-15)14-21-10-17-7-8-18(13-21)22(12-17)11-16-5-3-2-4-6-16/h2-6,9,17-18H,7-8,10-14H2,1H3/t17-,18+/m1/s1. The molecule has 1 aromatic carbocycles. The van der Waals surface area contributed by atoms with Gasteiger partial charge in [0.1, 0.15) is 0 Å². The SMILES string of the molecule is Cc1cc(CN2C[C@H]3CC[C@@H](C2)N(Cc2ccccc2)C3)on1. The molecule has 2 bridgehead atoms. The summed E-state index contributed by atoms with van der Waals surface area (Å²) in [6.07, 6.45) is 2.69. The molecule has 2 atom stereocenters. The topological polar surface area (TPSA) is 32.5 Å². The normalized spacial score (nSPS) is 25.6. The lowest BCUT2D eigenvalue weighted by atomic mass is 9.94. The Balaban J connectivity index is 1.44. The summed E-state index contributed by atoms with van der Waals surface area (Å²) in [4.78, 5) is 5.25. The summed E-state index contributed by atoms with van der Waals surface area (Å²) in [5.41, 5.74) is 2.40. The lowest BCUT2D eigenvalue weighted by Crippen LogP contribution is -2.43. The molecule has 23 heavy (non-hydrogen) atoms. The summed E-state index contributed by atoms with van der Waals surface area (Å²) >= 11 is 0. The molecule has 5 rings (SSSR count). The molecule has 0 spiro atoms. The summed E-state index contributed by atoms with van der Waals surface area (Å²) in [6.45, 7) is 7.51. The van der Waals surface area contributed by atoms with Crippen molar-refractivity contribution in [1.29, 1.82) is 0 Å². The van der Waals surface area contributed by atoms with Gasteiger partial charge in [-0.1, -0.05) is 35.5 Å². The van der Waals surface area contributed by atoms with Crippen LogP contribution in [0.15, 0.2) is 40.9 Å². The highest BCUT2D eigenvalue weighted by Gasteiger charge is 2.34. The molecule has 4 heterocycles. The predicted octanol–water partition coefficient (Wildman–Crippen LogP) is 3.08. The summed E-state index contributed by atoms with van der Waals surface area (Å²) in [5.74, 6) is 1.78. The largest absolute Gasteiger partial charge is 0.360 e. The Morgan fingerprint density at radius 1 is 1.09 bits per heavy atom. The first-order valence-corrected chi connectivity index (χ1v) is 8.69. The molecular formula is C19H25N3O. The first-order valence-electron chi connectivity index (χ1n) is 8.69. The molecule has 4 heteroatoms. The maximum atomic E-state index is 5.42. The van der Waals surface area contributed by atoms with Gasteiger partial charge in [0.05, 0.1) is 12.2 Å². The van der Waals surface area contributed by atoms with Gasteiger partial charge in [0.2, 0.25) is 0 Å². The minimum atomic E-state index is 0.665. The van der Waals surface area contributed by atoms with Gasteiger partial charge >= 0.3 is 0 Å². The van der Waals surface area contributed by atoms with Crippen LogP contribution in [0.5, 0.6) is 0 Å². The highest BCUT2D eigenvalue weighted by atomic mass is 16.5. The molecule has 0 aliphatic carbocycles. The number of benzene rings is 1. The smallest absolute Gasteiger partial charge is 0.150 e. The Morgan fingerprint density at radius 3 is 2.74 bits per heavy atom. The van der Waals surface area contributed by atoms with Crippen LogP contribution in [-0.4, -0.2) is 40.6 Å². The van der Waals surface area contributed by atoms with Crippen molar-refractivity contribution in [2.45, 2.75) is 38.9 Å². The molecular weight excluding hydrogens is 286 g/mol. The molecule has 2 aromatic rings. The van der Waals surface area contributed by atoms with E-state index in [0.717, 1.165) is 37.0 Å². The van der Waals surface area contributed by atoms with Gasteiger partial charge in [-0.3, -0.25) is 9.80 Å². The summed E-state index contributed by atoms with van der Waals surface area (Å²) in [7, 11) is 0. The van der Waals surface area contributed by atoms with E-state index in [1.165, 1.54) is 31.5 Å². The predicted molar refractivity (Wildman–Crippen MR) is 89.9 cm³/mol. The highest BCUT2D eigenvalue weighted by Crippen LogP contribution is 2.30. The van der Waals surface area contributed by atoms with E-state index in [2.05, 4.69) is 51.4 Å². The highest BCUT2D eigenvalue weighted by molar-refractivity contribution is 5.15. The van der Waals surface area contributed by atoms with E-state index in [4.69, 9.17) is 4.52 Å². The van der Waals surface area contributed by atoms with E-state index in [0.29, 0.717) is 6.04 Å². The number of aryl methyl sites for hydroxylation is 1. The number of hydrogen-bond donors (Lipinski definition) is 0. The van der Waals surface area contributed by atoms with Gasteiger partial charge in [-0.25, -0.2) is 0 Å². The quantitative estimate of drug-likeness (QED) is 0.868. The molecule has 3 aliphatic heterocycles. The van der Waals surface area contributed by atoms with E-state index >= 15 is 0 Å². The van der Waals surface area contributed by atoms with Crippen molar-refractivity contribution in [3.8, 4) is 0 Å². The monoisotopic (exact) mass is 311 g/mol. The van der Waals surface area contributed by atoms with Crippen molar-refractivity contribution in [1.82, 2.24) is 15.0 Å². The van der Waals surface area contributed by atoms with E-state index in [1.54, 1.807) is 0 Å². The molecule has 3 fully saturated rings. The van der Waals surface area contributed by atoms with Crippen LogP contribution >= 0.6 is 0 Å². The van der Waals surface area contributed by atoms with Crippen LogP contribution in [0.3, 0.4) is 0 Å². The zero-order valence-electron chi connectivity index (χ0n) is 13.8. The van der Waals surface area contributed by atoms with Crippen LogP contribution in [-0.2, 0) is 13.1 Å². The third kappa shape index (κ3) is 3.48. The van der Waals surface area contributed by atoms with Crippen molar-refractivity contribution in [3.63, 3.8) is 0 Å². The number of aromatic nitrogens is 1. The fourth-order valence-electron chi connectivity index (χ4n) is 4.13. The van der Waals surface area contributed by atoms with Gasteiger partial charge in [-0.2, -0.15) is 0 Å². The fourth-order valence-corrected chi connectivity index (χ4v) is 4.13. The Morgan fingerprint density at radius 2 is 1.96 bits per heavy atom. The third-order valence-corrected chi connectivity index (χ3v) is 5.19. The van der Waals surface area contributed by atoms with E-state index in [1.807, 2.05) is 6.92 Å². The Kier molecular flexibility index (Phi) is 4.19. The Labute approximate surface area is 138 Å². The number of fused-ring (bicyclic) bond motifs is 4. The minimum absolute atomic E-state index is 0.665. The van der Waals surface area contributed by atoms with E-state index in [9.17, 15) is 0 Å². The van der Waals surface area contributed by atoms with Crippen molar-refractivity contribution < 1.29 is 4.52 Å². The van der Waals surface area contributed by atoms with Crippen LogP contribution in [0.1, 0.15) is 29.9 Å².